The summed E-state index contributed by atoms with van der Waals surface area (Å²) in [6, 6.07) is 7.13. The van der Waals surface area contributed by atoms with E-state index in [1.807, 2.05) is 19.1 Å². The Morgan fingerprint density at radius 3 is 2.60 bits per heavy atom. The lowest BCUT2D eigenvalue weighted by molar-refractivity contribution is -0.141. The predicted octanol–water partition coefficient (Wildman–Crippen LogP) is 2.08. The first-order valence-electron chi connectivity index (χ1n) is 8.42. The molecule has 0 aromatic heterocycles. The van der Waals surface area contributed by atoms with Crippen LogP contribution in [0.3, 0.4) is 0 Å². The number of urea groups is 1. The lowest BCUT2D eigenvalue weighted by Crippen LogP contribution is -2.45. The molecular formula is C18H25N3O4. The molecule has 1 aromatic carbocycles. The second kappa shape index (κ2) is 8.50. The van der Waals surface area contributed by atoms with Crippen molar-refractivity contribution in [3.63, 3.8) is 0 Å². The van der Waals surface area contributed by atoms with Crippen molar-refractivity contribution in [1.29, 1.82) is 0 Å². The zero-order chi connectivity index (χ0) is 18.4. The highest BCUT2D eigenvalue weighted by Gasteiger charge is 2.27. The van der Waals surface area contributed by atoms with Crippen LogP contribution in [0, 0.1) is 5.92 Å². The Balaban J connectivity index is 1.93. The molecule has 3 amide bonds. The van der Waals surface area contributed by atoms with Crippen LogP contribution in [0.1, 0.15) is 37.7 Å². The van der Waals surface area contributed by atoms with Gasteiger partial charge in [0.05, 0.1) is 19.4 Å². The predicted molar refractivity (Wildman–Crippen MR) is 94.0 cm³/mol. The van der Waals surface area contributed by atoms with Gasteiger partial charge in [-0.05, 0) is 36.5 Å². The highest BCUT2D eigenvalue weighted by Crippen LogP contribution is 2.22. The molecule has 2 rings (SSSR count). The number of amides is 3. The summed E-state index contributed by atoms with van der Waals surface area (Å²) in [6.07, 6.45) is 1.81. The van der Waals surface area contributed by atoms with Crippen LogP contribution in [0.2, 0.25) is 0 Å². The Bertz CT molecular complexity index is 630. The fourth-order valence-electron chi connectivity index (χ4n) is 2.94. The topological polar surface area (TPSA) is 102 Å². The van der Waals surface area contributed by atoms with Crippen LogP contribution < -0.4 is 11.1 Å². The molecular weight excluding hydrogens is 322 g/mol. The number of methoxy groups -OCH3 is 1. The van der Waals surface area contributed by atoms with Crippen LogP contribution in [0.5, 0.6) is 0 Å². The largest absolute Gasteiger partial charge is 0.469 e. The molecule has 2 atom stereocenters. The van der Waals surface area contributed by atoms with Crippen LogP contribution in [-0.2, 0) is 14.3 Å². The summed E-state index contributed by atoms with van der Waals surface area (Å²) in [5.41, 5.74) is 7.00. The SMILES string of the molecule is COC(=O)C[C@H](C)c1ccc(NC(=O)N2CCC[C@@H](C(N)=O)C2)cc1. The molecule has 0 aliphatic carbocycles. The van der Waals surface area contributed by atoms with E-state index in [9.17, 15) is 14.4 Å². The average molecular weight is 347 g/mol. The van der Waals surface area contributed by atoms with Gasteiger partial charge in [-0.1, -0.05) is 19.1 Å². The zero-order valence-electron chi connectivity index (χ0n) is 14.7. The van der Waals surface area contributed by atoms with Gasteiger partial charge in [0.1, 0.15) is 0 Å². The van der Waals surface area contributed by atoms with E-state index in [0.717, 1.165) is 18.4 Å². The minimum Gasteiger partial charge on any atom is -0.469 e. The molecule has 7 heteroatoms. The lowest BCUT2D eigenvalue weighted by Gasteiger charge is -2.31. The summed E-state index contributed by atoms with van der Waals surface area (Å²) in [5.74, 6) is -0.850. The highest BCUT2D eigenvalue weighted by atomic mass is 16.5. The summed E-state index contributed by atoms with van der Waals surface area (Å²) < 4.78 is 4.68. The van der Waals surface area contributed by atoms with Crippen molar-refractivity contribution in [3.05, 3.63) is 29.8 Å². The standard InChI is InChI=1S/C18H25N3O4/c1-12(10-16(22)25-2)13-5-7-15(8-6-13)20-18(24)21-9-3-4-14(11-21)17(19)23/h5-8,12,14H,3-4,9-11H2,1-2H3,(H2,19,23)(H,20,24)/t12-,14+/m0/s1. The number of anilines is 1. The van der Waals surface area contributed by atoms with Crippen molar-refractivity contribution in [2.45, 2.75) is 32.1 Å². The Hall–Kier alpha value is -2.57. The van der Waals surface area contributed by atoms with E-state index in [1.54, 1.807) is 17.0 Å². The summed E-state index contributed by atoms with van der Waals surface area (Å²) in [4.78, 5) is 36.6. The number of esters is 1. The molecule has 25 heavy (non-hydrogen) atoms. The molecule has 1 aliphatic rings. The summed E-state index contributed by atoms with van der Waals surface area (Å²) in [6.45, 7) is 2.92. The summed E-state index contributed by atoms with van der Waals surface area (Å²) in [5, 5.41) is 2.83. The van der Waals surface area contributed by atoms with Gasteiger partial charge in [-0.3, -0.25) is 9.59 Å². The maximum Gasteiger partial charge on any atom is 0.321 e. The molecule has 0 saturated carbocycles. The number of nitrogens with one attached hydrogen (secondary N) is 1. The number of benzene rings is 1. The Morgan fingerprint density at radius 1 is 1.32 bits per heavy atom. The molecule has 0 unspecified atom stereocenters. The first-order chi connectivity index (χ1) is 11.9. The number of nitrogens with zero attached hydrogens (tertiary/aromatic N) is 1. The van der Waals surface area contributed by atoms with Gasteiger partial charge < -0.3 is 20.7 Å². The van der Waals surface area contributed by atoms with Crippen LogP contribution in [0.25, 0.3) is 0 Å². The third-order valence-electron chi connectivity index (χ3n) is 4.54. The van der Waals surface area contributed by atoms with Crippen molar-refractivity contribution in [2.24, 2.45) is 11.7 Å². The van der Waals surface area contributed by atoms with Crippen molar-refractivity contribution < 1.29 is 19.1 Å². The molecule has 1 aromatic rings. The molecule has 1 saturated heterocycles. The number of likely N-dealkylation sites (tertiary alicyclic amines) is 1. The van der Waals surface area contributed by atoms with Crippen LogP contribution in [-0.4, -0.2) is 43.0 Å². The van der Waals surface area contributed by atoms with Crippen molar-refractivity contribution in [1.82, 2.24) is 4.90 Å². The molecule has 1 aliphatic heterocycles. The number of carbonyl (C=O) groups is 3. The number of nitrogens with two attached hydrogens (primary N) is 1. The Labute approximate surface area is 147 Å². The monoisotopic (exact) mass is 347 g/mol. The summed E-state index contributed by atoms with van der Waals surface area (Å²) >= 11 is 0. The van der Waals surface area contributed by atoms with Gasteiger partial charge in [0.15, 0.2) is 0 Å². The van der Waals surface area contributed by atoms with E-state index in [-0.39, 0.29) is 29.7 Å². The number of hydrogen-bond donors (Lipinski definition) is 2. The van der Waals surface area contributed by atoms with E-state index in [0.29, 0.717) is 25.2 Å². The summed E-state index contributed by atoms with van der Waals surface area (Å²) in [7, 11) is 1.37. The number of carbonyl (C=O) groups excluding carboxylic acids is 3. The van der Waals surface area contributed by atoms with Gasteiger partial charge in [-0.25, -0.2) is 4.79 Å². The maximum absolute atomic E-state index is 12.3. The van der Waals surface area contributed by atoms with E-state index in [2.05, 4.69) is 10.1 Å². The zero-order valence-corrected chi connectivity index (χ0v) is 14.7. The molecule has 0 bridgehead atoms. The minimum atomic E-state index is -0.360. The highest BCUT2D eigenvalue weighted by molar-refractivity contribution is 5.90. The van der Waals surface area contributed by atoms with Crippen LogP contribution in [0.4, 0.5) is 10.5 Å². The fraction of sp³-hybridized carbons (Fsp3) is 0.500. The number of primary amides is 1. The van der Waals surface area contributed by atoms with Gasteiger partial charge in [-0.15, -0.1) is 0 Å². The van der Waals surface area contributed by atoms with E-state index < -0.39 is 0 Å². The third kappa shape index (κ3) is 5.20. The smallest absolute Gasteiger partial charge is 0.321 e. The fourth-order valence-corrected chi connectivity index (χ4v) is 2.94. The number of piperidine rings is 1. The van der Waals surface area contributed by atoms with Crippen LogP contribution in [0.15, 0.2) is 24.3 Å². The van der Waals surface area contributed by atoms with Gasteiger partial charge in [-0.2, -0.15) is 0 Å². The molecule has 136 valence electrons. The Kier molecular flexibility index (Phi) is 6.38. The quantitative estimate of drug-likeness (QED) is 0.796. The van der Waals surface area contributed by atoms with Gasteiger partial charge in [0.2, 0.25) is 5.91 Å². The molecule has 0 radical (unpaired) electrons. The van der Waals surface area contributed by atoms with Crippen molar-refractivity contribution in [3.8, 4) is 0 Å². The Morgan fingerprint density at radius 2 is 2.00 bits per heavy atom. The molecule has 1 heterocycles. The molecule has 7 nitrogen and oxygen atoms in total. The van der Waals surface area contributed by atoms with Gasteiger partial charge >= 0.3 is 12.0 Å². The minimum absolute atomic E-state index is 0.0376. The number of hydrogen-bond acceptors (Lipinski definition) is 4. The molecule has 0 spiro atoms. The molecule has 3 N–H and O–H groups in total. The number of ether oxygens (including phenoxy) is 1. The lowest BCUT2D eigenvalue weighted by atomic mass is 9.97. The maximum atomic E-state index is 12.3. The van der Waals surface area contributed by atoms with Crippen molar-refractivity contribution >= 4 is 23.6 Å². The molecule has 1 fully saturated rings. The van der Waals surface area contributed by atoms with E-state index in [4.69, 9.17) is 5.73 Å². The van der Waals surface area contributed by atoms with Gasteiger partial charge in [0.25, 0.3) is 0 Å². The van der Waals surface area contributed by atoms with Gasteiger partial charge in [0, 0.05) is 18.8 Å². The number of rotatable bonds is 5. The van der Waals surface area contributed by atoms with E-state index in [1.165, 1.54) is 7.11 Å². The average Bonchev–Trinajstić information content (AvgIpc) is 2.62. The first-order valence-corrected chi connectivity index (χ1v) is 8.42. The second-order valence-corrected chi connectivity index (χ2v) is 6.42. The second-order valence-electron chi connectivity index (χ2n) is 6.42. The van der Waals surface area contributed by atoms with E-state index >= 15 is 0 Å². The first kappa shape index (κ1) is 18.8. The normalized spacial score (nSPS) is 18.3. The van der Waals surface area contributed by atoms with Crippen LogP contribution >= 0.6 is 0 Å². The third-order valence-corrected chi connectivity index (χ3v) is 4.54. The van der Waals surface area contributed by atoms with Crippen molar-refractivity contribution in [2.75, 3.05) is 25.5 Å².